The molecule has 0 unspecified atom stereocenters. The Kier molecular flexibility index (Phi) is 6.14. The standard InChI is InChI=1S/C14H21ClN2OS/c1-14(2,3)19-9-5-6-13(18)17(4)12-8-7-11(15)10-16-12/h7-8,10H,5-6,9H2,1-4H3. The van der Waals surface area contributed by atoms with Crippen LogP contribution in [0.1, 0.15) is 33.6 Å². The van der Waals surface area contributed by atoms with Gasteiger partial charge in [0.05, 0.1) is 5.02 Å². The van der Waals surface area contributed by atoms with Crippen molar-refractivity contribution in [1.82, 2.24) is 4.98 Å². The first kappa shape index (κ1) is 16.3. The molecular weight excluding hydrogens is 280 g/mol. The number of amides is 1. The van der Waals surface area contributed by atoms with Gasteiger partial charge in [0.25, 0.3) is 0 Å². The van der Waals surface area contributed by atoms with Gasteiger partial charge >= 0.3 is 0 Å². The van der Waals surface area contributed by atoms with Gasteiger partial charge in [-0.05, 0) is 24.3 Å². The molecule has 0 aliphatic carbocycles. The molecule has 0 spiro atoms. The van der Waals surface area contributed by atoms with Gasteiger partial charge in [0.15, 0.2) is 0 Å². The van der Waals surface area contributed by atoms with Gasteiger partial charge in [-0.1, -0.05) is 32.4 Å². The van der Waals surface area contributed by atoms with Crippen LogP contribution in [0.3, 0.4) is 0 Å². The summed E-state index contributed by atoms with van der Waals surface area (Å²) < 4.78 is 0.257. The smallest absolute Gasteiger partial charge is 0.227 e. The number of halogens is 1. The van der Waals surface area contributed by atoms with E-state index in [9.17, 15) is 4.79 Å². The predicted molar refractivity (Wildman–Crippen MR) is 84.1 cm³/mol. The lowest BCUT2D eigenvalue weighted by Gasteiger charge is -2.18. The normalized spacial score (nSPS) is 11.4. The van der Waals surface area contributed by atoms with E-state index in [4.69, 9.17) is 11.6 Å². The summed E-state index contributed by atoms with van der Waals surface area (Å²) >= 11 is 7.65. The van der Waals surface area contributed by atoms with Crippen LogP contribution in [0, 0.1) is 0 Å². The number of carbonyl (C=O) groups is 1. The SMILES string of the molecule is CN(C(=O)CCCSC(C)(C)C)c1ccc(Cl)cn1. The number of carbonyl (C=O) groups excluding carboxylic acids is 1. The van der Waals surface area contributed by atoms with Crippen molar-refractivity contribution in [2.75, 3.05) is 17.7 Å². The third-order valence-electron chi connectivity index (χ3n) is 2.50. The van der Waals surface area contributed by atoms with E-state index in [1.807, 2.05) is 11.8 Å². The molecule has 3 nitrogen and oxygen atoms in total. The number of rotatable bonds is 5. The van der Waals surface area contributed by atoms with Crippen LogP contribution in [0.4, 0.5) is 5.82 Å². The van der Waals surface area contributed by atoms with E-state index >= 15 is 0 Å². The molecular formula is C14H21ClN2OS. The Morgan fingerprint density at radius 2 is 2.11 bits per heavy atom. The van der Waals surface area contributed by atoms with Gasteiger partial charge in [-0.2, -0.15) is 11.8 Å². The van der Waals surface area contributed by atoms with Crippen molar-refractivity contribution < 1.29 is 4.79 Å². The number of aromatic nitrogens is 1. The van der Waals surface area contributed by atoms with E-state index in [-0.39, 0.29) is 10.7 Å². The van der Waals surface area contributed by atoms with Crippen LogP contribution in [0.5, 0.6) is 0 Å². The number of anilines is 1. The van der Waals surface area contributed by atoms with Crippen molar-refractivity contribution in [2.24, 2.45) is 0 Å². The summed E-state index contributed by atoms with van der Waals surface area (Å²) in [4.78, 5) is 17.7. The summed E-state index contributed by atoms with van der Waals surface area (Å²) in [6.07, 6.45) is 2.98. The number of hydrogen-bond acceptors (Lipinski definition) is 3. The lowest BCUT2D eigenvalue weighted by Crippen LogP contribution is -2.26. The molecule has 5 heteroatoms. The Morgan fingerprint density at radius 3 is 2.63 bits per heavy atom. The van der Waals surface area contributed by atoms with E-state index < -0.39 is 0 Å². The fraction of sp³-hybridized carbons (Fsp3) is 0.571. The molecule has 0 atom stereocenters. The highest BCUT2D eigenvalue weighted by atomic mass is 35.5. The van der Waals surface area contributed by atoms with Crippen molar-refractivity contribution >= 4 is 35.1 Å². The van der Waals surface area contributed by atoms with Crippen LogP contribution < -0.4 is 4.90 Å². The molecule has 1 aromatic rings. The average molecular weight is 301 g/mol. The second-order valence-electron chi connectivity index (χ2n) is 5.35. The molecule has 19 heavy (non-hydrogen) atoms. The predicted octanol–water partition coefficient (Wildman–Crippen LogP) is 4.01. The van der Waals surface area contributed by atoms with Gasteiger partial charge in [0.1, 0.15) is 5.82 Å². The van der Waals surface area contributed by atoms with Gasteiger partial charge in [0, 0.05) is 24.4 Å². The molecule has 1 heterocycles. The van der Waals surface area contributed by atoms with Crippen molar-refractivity contribution in [3.05, 3.63) is 23.4 Å². The molecule has 0 N–H and O–H groups in total. The first-order valence-electron chi connectivity index (χ1n) is 6.32. The molecule has 0 aliphatic rings. The summed E-state index contributed by atoms with van der Waals surface area (Å²) in [7, 11) is 1.75. The topological polar surface area (TPSA) is 33.2 Å². The van der Waals surface area contributed by atoms with Crippen LogP contribution in [0.25, 0.3) is 0 Å². The summed E-state index contributed by atoms with van der Waals surface area (Å²) in [6.45, 7) is 6.55. The molecule has 0 aliphatic heterocycles. The third-order valence-corrected chi connectivity index (χ3v) is 4.08. The maximum Gasteiger partial charge on any atom is 0.227 e. The number of thioether (sulfide) groups is 1. The van der Waals surface area contributed by atoms with Crippen LogP contribution in [0.2, 0.25) is 5.02 Å². The van der Waals surface area contributed by atoms with Gasteiger partial charge in [0.2, 0.25) is 5.91 Å². The van der Waals surface area contributed by atoms with E-state index in [2.05, 4.69) is 25.8 Å². The average Bonchev–Trinajstić information content (AvgIpc) is 2.33. The van der Waals surface area contributed by atoms with Crippen molar-refractivity contribution in [3.63, 3.8) is 0 Å². The molecule has 0 saturated heterocycles. The van der Waals surface area contributed by atoms with Crippen LogP contribution in [-0.2, 0) is 4.79 Å². The molecule has 1 amide bonds. The highest BCUT2D eigenvalue weighted by Crippen LogP contribution is 2.24. The van der Waals surface area contributed by atoms with E-state index in [1.54, 1.807) is 30.3 Å². The number of nitrogens with zero attached hydrogens (tertiary/aromatic N) is 2. The quantitative estimate of drug-likeness (QED) is 0.770. The van der Waals surface area contributed by atoms with Crippen molar-refractivity contribution in [1.29, 1.82) is 0 Å². The van der Waals surface area contributed by atoms with Crippen LogP contribution in [-0.4, -0.2) is 28.4 Å². The molecule has 106 valence electrons. The molecule has 0 saturated carbocycles. The van der Waals surface area contributed by atoms with Gasteiger partial charge in [-0.3, -0.25) is 9.69 Å². The largest absolute Gasteiger partial charge is 0.300 e. The first-order chi connectivity index (χ1) is 8.79. The number of hydrogen-bond donors (Lipinski definition) is 0. The lowest BCUT2D eigenvalue weighted by molar-refractivity contribution is -0.118. The summed E-state index contributed by atoms with van der Waals surface area (Å²) in [6, 6.07) is 3.49. The van der Waals surface area contributed by atoms with Gasteiger partial charge in [-0.15, -0.1) is 0 Å². The fourth-order valence-corrected chi connectivity index (χ4v) is 2.48. The minimum absolute atomic E-state index is 0.0873. The fourth-order valence-electron chi connectivity index (χ4n) is 1.46. The summed E-state index contributed by atoms with van der Waals surface area (Å²) in [5.41, 5.74) is 0. The Morgan fingerprint density at radius 1 is 1.42 bits per heavy atom. The van der Waals surface area contributed by atoms with E-state index in [0.717, 1.165) is 12.2 Å². The Balaban J connectivity index is 2.39. The minimum Gasteiger partial charge on any atom is -0.300 e. The maximum atomic E-state index is 12.0. The second kappa shape index (κ2) is 7.15. The van der Waals surface area contributed by atoms with Crippen LogP contribution >= 0.6 is 23.4 Å². The second-order valence-corrected chi connectivity index (χ2v) is 7.71. The van der Waals surface area contributed by atoms with E-state index in [0.29, 0.717) is 17.3 Å². The van der Waals surface area contributed by atoms with Gasteiger partial charge < -0.3 is 0 Å². The maximum absolute atomic E-state index is 12.0. The zero-order valence-electron chi connectivity index (χ0n) is 11.9. The Hall–Kier alpha value is -0.740. The molecule has 1 rings (SSSR count). The highest BCUT2D eigenvalue weighted by Gasteiger charge is 2.13. The Bertz CT molecular complexity index is 414. The highest BCUT2D eigenvalue weighted by molar-refractivity contribution is 8.00. The first-order valence-corrected chi connectivity index (χ1v) is 7.68. The molecule has 1 aromatic heterocycles. The monoisotopic (exact) mass is 300 g/mol. The van der Waals surface area contributed by atoms with Crippen molar-refractivity contribution in [3.8, 4) is 0 Å². The number of pyridine rings is 1. The molecule has 0 aromatic carbocycles. The lowest BCUT2D eigenvalue weighted by atomic mass is 10.3. The zero-order valence-corrected chi connectivity index (χ0v) is 13.5. The zero-order chi connectivity index (χ0) is 14.5. The van der Waals surface area contributed by atoms with Crippen molar-refractivity contribution in [2.45, 2.75) is 38.4 Å². The van der Waals surface area contributed by atoms with E-state index in [1.165, 1.54) is 0 Å². The summed E-state index contributed by atoms with van der Waals surface area (Å²) in [5.74, 6) is 1.72. The minimum atomic E-state index is 0.0873. The van der Waals surface area contributed by atoms with Crippen LogP contribution in [0.15, 0.2) is 18.3 Å². The third kappa shape index (κ3) is 6.30. The molecule has 0 bridgehead atoms. The molecule has 0 radical (unpaired) electrons. The molecule has 0 fully saturated rings. The Labute approximate surface area is 124 Å². The van der Waals surface area contributed by atoms with Gasteiger partial charge in [-0.25, -0.2) is 4.98 Å². The summed E-state index contributed by atoms with van der Waals surface area (Å²) in [5, 5.41) is 0.575.